The number of halogens is 1. The van der Waals surface area contributed by atoms with E-state index < -0.39 is 28.5 Å². The van der Waals surface area contributed by atoms with Crippen molar-refractivity contribution in [3.63, 3.8) is 0 Å². The zero-order valence-corrected chi connectivity index (χ0v) is 23.2. The van der Waals surface area contributed by atoms with Crippen molar-refractivity contribution >= 4 is 43.5 Å². The van der Waals surface area contributed by atoms with E-state index in [0.717, 1.165) is 27.0 Å². The molecule has 0 radical (unpaired) electrons. The molecule has 2 rings (SSSR count). The Hall–Kier alpha value is -2.59. The van der Waals surface area contributed by atoms with E-state index in [9.17, 15) is 18.0 Å². The minimum absolute atomic E-state index is 0.0511. The first kappa shape index (κ1) is 28.6. The number of anilines is 1. The lowest BCUT2D eigenvalue weighted by Crippen LogP contribution is -2.53. The van der Waals surface area contributed by atoms with Gasteiger partial charge in [0.15, 0.2) is 0 Å². The van der Waals surface area contributed by atoms with Crippen molar-refractivity contribution in [3.8, 4) is 5.75 Å². The lowest BCUT2D eigenvalue weighted by atomic mass is 10.1. The van der Waals surface area contributed by atoms with Gasteiger partial charge in [-0.15, -0.1) is 0 Å². The second-order valence-electron chi connectivity index (χ2n) is 8.36. The Morgan fingerprint density at radius 3 is 2.11 bits per heavy atom. The van der Waals surface area contributed by atoms with Crippen molar-refractivity contribution in [2.45, 2.75) is 52.2 Å². The van der Waals surface area contributed by atoms with Gasteiger partial charge < -0.3 is 15.0 Å². The predicted molar refractivity (Wildman–Crippen MR) is 142 cm³/mol. The predicted octanol–water partition coefficient (Wildman–Crippen LogP) is 3.95. The third-order valence-corrected chi connectivity index (χ3v) is 7.36. The maximum absolute atomic E-state index is 13.6. The second kappa shape index (κ2) is 12.9. The van der Waals surface area contributed by atoms with Gasteiger partial charge in [0.2, 0.25) is 21.8 Å². The summed E-state index contributed by atoms with van der Waals surface area (Å²) >= 11 is 3.34. The Labute approximate surface area is 216 Å². The van der Waals surface area contributed by atoms with Crippen molar-refractivity contribution in [1.29, 1.82) is 0 Å². The molecule has 0 unspecified atom stereocenters. The van der Waals surface area contributed by atoms with Crippen LogP contribution in [0.3, 0.4) is 0 Å². The molecule has 0 bridgehead atoms. The first-order valence-corrected chi connectivity index (χ1v) is 14.1. The van der Waals surface area contributed by atoms with Crippen LogP contribution in [0.25, 0.3) is 0 Å². The Kier molecular flexibility index (Phi) is 10.6. The quantitative estimate of drug-likeness (QED) is 0.419. The van der Waals surface area contributed by atoms with E-state index in [0.29, 0.717) is 17.9 Å². The number of methoxy groups -OCH3 is 1. The van der Waals surface area contributed by atoms with Gasteiger partial charge >= 0.3 is 0 Å². The Morgan fingerprint density at radius 1 is 1.03 bits per heavy atom. The van der Waals surface area contributed by atoms with Gasteiger partial charge in [-0.05, 0) is 61.7 Å². The van der Waals surface area contributed by atoms with Gasteiger partial charge in [0.1, 0.15) is 18.3 Å². The third-order valence-electron chi connectivity index (χ3n) is 5.69. The molecule has 0 saturated heterocycles. The number of ether oxygens (including phenoxy) is 1. The second-order valence-corrected chi connectivity index (χ2v) is 11.2. The summed E-state index contributed by atoms with van der Waals surface area (Å²) in [6, 6.07) is 13.1. The largest absolute Gasteiger partial charge is 0.497 e. The average Bonchev–Trinajstić information content (AvgIpc) is 2.82. The smallest absolute Gasteiger partial charge is 0.244 e. The Bertz CT molecular complexity index is 1090. The van der Waals surface area contributed by atoms with Gasteiger partial charge in [-0.1, -0.05) is 41.9 Å². The van der Waals surface area contributed by atoms with Crippen molar-refractivity contribution in [3.05, 3.63) is 58.6 Å². The van der Waals surface area contributed by atoms with Gasteiger partial charge in [0.25, 0.3) is 0 Å². The van der Waals surface area contributed by atoms with E-state index in [1.165, 1.54) is 4.90 Å². The molecule has 0 aliphatic rings. The van der Waals surface area contributed by atoms with Crippen LogP contribution in [0.5, 0.6) is 5.75 Å². The first-order valence-electron chi connectivity index (χ1n) is 11.5. The number of sulfonamides is 1. The summed E-state index contributed by atoms with van der Waals surface area (Å²) < 4.78 is 32.3. The summed E-state index contributed by atoms with van der Waals surface area (Å²) in [5.74, 6) is -0.0646. The number of nitrogens with zero attached hydrogens (tertiary/aromatic N) is 2. The van der Waals surface area contributed by atoms with Gasteiger partial charge in [0.05, 0.1) is 19.1 Å². The lowest BCUT2D eigenvalue weighted by Gasteiger charge is -2.33. The molecule has 0 fully saturated rings. The monoisotopic (exact) mass is 567 g/mol. The fourth-order valence-electron chi connectivity index (χ4n) is 3.51. The molecule has 0 saturated carbocycles. The van der Waals surface area contributed by atoms with Crippen molar-refractivity contribution in [2.24, 2.45) is 0 Å². The molecule has 35 heavy (non-hydrogen) atoms. The molecule has 0 aliphatic carbocycles. The van der Waals surface area contributed by atoms with Gasteiger partial charge in [-0.25, -0.2) is 8.42 Å². The number of carbonyl (C=O) groups excluding carboxylic acids is 2. The SMILES string of the molecule is CC[C@H](C(=O)N[C@@H](C)CC)N(Cc1ccc(OC)cc1)C(=O)CN(c1ccc(Br)cc1)S(C)(=O)=O. The standard InChI is InChI=1S/C25H34BrN3O5S/c1-6-18(3)27-25(31)23(7-2)28(16-19-8-14-22(34-4)15-9-19)24(30)17-29(35(5,32)33)21-12-10-20(26)11-13-21/h8-15,18,23H,6-7,16-17H2,1-5H3,(H,27,31)/t18-,23+/m0/s1. The fourth-order valence-corrected chi connectivity index (χ4v) is 4.62. The number of carbonyl (C=O) groups is 2. The number of amides is 2. The molecule has 2 aromatic rings. The molecular formula is C25H34BrN3O5S. The number of hydrogen-bond donors (Lipinski definition) is 1. The maximum atomic E-state index is 13.6. The van der Waals surface area contributed by atoms with Crippen molar-refractivity contribution < 1.29 is 22.7 Å². The normalized spacial score (nSPS) is 13.0. The van der Waals surface area contributed by atoms with Crippen LogP contribution in [0.1, 0.15) is 39.2 Å². The highest BCUT2D eigenvalue weighted by molar-refractivity contribution is 9.10. The van der Waals surface area contributed by atoms with E-state index in [1.807, 2.05) is 32.9 Å². The zero-order valence-electron chi connectivity index (χ0n) is 20.8. The van der Waals surface area contributed by atoms with Crippen LogP contribution < -0.4 is 14.4 Å². The first-order chi connectivity index (χ1) is 16.5. The highest BCUT2D eigenvalue weighted by Gasteiger charge is 2.32. The van der Waals surface area contributed by atoms with Crippen LogP contribution in [-0.2, 0) is 26.2 Å². The molecule has 0 heterocycles. The molecule has 2 aromatic carbocycles. The van der Waals surface area contributed by atoms with Crippen LogP contribution in [0.15, 0.2) is 53.0 Å². The van der Waals surface area contributed by atoms with Crippen LogP contribution in [0.4, 0.5) is 5.69 Å². The number of rotatable bonds is 12. The average molecular weight is 569 g/mol. The molecule has 10 heteroatoms. The van der Waals surface area contributed by atoms with Crippen LogP contribution in [0.2, 0.25) is 0 Å². The van der Waals surface area contributed by atoms with Crippen molar-refractivity contribution in [1.82, 2.24) is 10.2 Å². The topological polar surface area (TPSA) is 96.0 Å². The summed E-state index contributed by atoms with van der Waals surface area (Å²) in [4.78, 5) is 28.2. The molecule has 1 N–H and O–H groups in total. The molecule has 8 nitrogen and oxygen atoms in total. The minimum atomic E-state index is -3.76. The van der Waals surface area contributed by atoms with Gasteiger partial charge in [-0.3, -0.25) is 13.9 Å². The number of nitrogens with one attached hydrogen (secondary N) is 1. The van der Waals surface area contributed by atoms with E-state index in [1.54, 1.807) is 43.5 Å². The highest BCUT2D eigenvalue weighted by Crippen LogP contribution is 2.22. The number of hydrogen-bond acceptors (Lipinski definition) is 5. The van der Waals surface area contributed by atoms with E-state index >= 15 is 0 Å². The summed E-state index contributed by atoms with van der Waals surface area (Å²) in [5, 5.41) is 2.95. The molecule has 2 atom stereocenters. The zero-order chi connectivity index (χ0) is 26.2. The Balaban J connectivity index is 2.42. The molecule has 0 spiro atoms. The minimum Gasteiger partial charge on any atom is -0.497 e. The molecule has 0 aromatic heterocycles. The lowest BCUT2D eigenvalue weighted by molar-refractivity contribution is -0.140. The van der Waals surface area contributed by atoms with Crippen molar-refractivity contribution in [2.75, 3.05) is 24.2 Å². The number of benzene rings is 2. The highest BCUT2D eigenvalue weighted by atomic mass is 79.9. The van der Waals surface area contributed by atoms with Crippen LogP contribution in [0, 0.1) is 0 Å². The van der Waals surface area contributed by atoms with Crippen LogP contribution >= 0.6 is 15.9 Å². The van der Waals surface area contributed by atoms with E-state index in [2.05, 4.69) is 21.2 Å². The molecule has 0 aliphatic heterocycles. The van der Waals surface area contributed by atoms with Gasteiger partial charge in [-0.2, -0.15) is 0 Å². The summed E-state index contributed by atoms with van der Waals surface area (Å²) in [6.45, 7) is 5.42. The third kappa shape index (κ3) is 8.24. The summed E-state index contributed by atoms with van der Waals surface area (Å²) in [5.41, 5.74) is 1.16. The van der Waals surface area contributed by atoms with E-state index in [4.69, 9.17) is 4.74 Å². The summed E-state index contributed by atoms with van der Waals surface area (Å²) in [6.07, 6.45) is 2.18. The van der Waals surface area contributed by atoms with Crippen LogP contribution in [-0.4, -0.2) is 57.1 Å². The van der Waals surface area contributed by atoms with Gasteiger partial charge in [0, 0.05) is 17.1 Å². The fraction of sp³-hybridized carbons (Fsp3) is 0.440. The summed E-state index contributed by atoms with van der Waals surface area (Å²) in [7, 11) is -2.19. The molecular weight excluding hydrogens is 534 g/mol. The maximum Gasteiger partial charge on any atom is 0.244 e. The molecule has 2 amide bonds. The van der Waals surface area contributed by atoms with E-state index in [-0.39, 0.29) is 18.5 Å². The Morgan fingerprint density at radius 2 is 1.63 bits per heavy atom. The molecule has 192 valence electrons.